The Morgan fingerprint density at radius 3 is 2.38 bits per heavy atom. The molecule has 0 aliphatic rings. The van der Waals surface area contributed by atoms with Crippen LogP contribution in [0.2, 0.25) is 10.0 Å². The van der Waals surface area contributed by atoms with Crippen LogP contribution in [-0.2, 0) is 24.3 Å². The minimum Gasteiger partial charge on any atom is -0.452 e. The van der Waals surface area contributed by atoms with Crippen molar-refractivity contribution in [3.8, 4) is 0 Å². The number of hydrogen-bond donors (Lipinski definition) is 2. The van der Waals surface area contributed by atoms with Crippen LogP contribution >= 0.6 is 23.2 Å². The lowest BCUT2D eigenvalue weighted by Gasteiger charge is -2.14. The largest absolute Gasteiger partial charge is 0.452 e. The van der Waals surface area contributed by atoms with Crippen LogP contribution < -0.4 is 10.0 Å². The number of halogens is 2. The van der Waals surface area contributed by atoms with Crippen molar-refractivity contribution in [1.82, 2.24) is 4.72 Å². The smallest absolute Gasteiger partial charge is 0.307 e. The highest BCUT2D eigenvalue weighted by atomic mass is 35.5. The van der Waals surface area contributed by atoms with Gasteiger partial charge in [-0.1, -0.05) is 40.9 Å². The second kappa shape index (κ2) is 10.1. The Labute approximate surface area is 179 Å². The minimum absolute atomic E-state index is 0.101. The van der Waals surface area contributed by atoms with Crippen LogP contribution in [0.25, 0.3) is 0 Å². The summed E-state index contributed by atoms with van der Waals surface area (Å²) < 4.78 is 31.7. The van der Waals surface area contributed by atoms with E-state index < -0.39 is 28.0 Å². The fourth-order valence-electron chi connectivity index (χ4n) is 2.22. The Bertz CT molecular complexity index is 994. The maximum Gasteiger partial charge on any atom is 0.307 e. The molecule has 2 rings (SSSR count). The fraction of sp³-hybridized carbons (Fsp3) is 0.263. The molecule has 2 aromatic carbocycles. The Kier molecular flexibility index (Phi) is 8.04. The number of rotatable bonds is 8. The van der Waals surface area contributed by atoms with E-state index >= 15 is 0 Å². The molecule has 2 N–H and O–H groups in total. The van der Waals surface area contributed by atoms with Crippen molar-refractivity contribution in [3.05, 3.63) is 58.1 Å². The first-order chi connectivity index (χ1) is 13.6. The molecule has 7 nitrogen and oxygen atoms in total. The number of ether oxygens (including phenoxy) is 1. The first-order valence-electron chi connectivity index (χ1n) is 8.60. The highest BCUT2D eigenvalue weighted by Crippen LogP contribution is 2.25. The molecule has 156 valence electrons. The van der Waals surface area contributed by atoms with Gasteiger partial charge >= 0.3 is 5.97 Å². The van der Waals surface area contributed by atoms with Crippen LogP contribution in [0.4, 0.5) is 5.69 Å². The van der Waals surface area contributed by atoms with Crippen LogP contribution in [0, 0.1) is 6.92 Å². The third-order valence-corrected chi connectivity index (χ3v) is 5.84. The van der Waals surface area contributed by atoms with Gasteiger partial charge in [0.25, 0.3) is 5.91 Å². The molecule has 0 aliphatic heterocycles. The minimum atomic E-state index is -3.73. The maximum atomic E-state index is 12.2. The monoisotopic (exact) mass is 458 g/mol. The number of anilines is 1. The lowest BCUT2D eigenvalue weighted by Crippen LogP contribution is -2.32. The second-order valence-corrected chi connectivity index (χ2v) is 8.82. The highest BCUT2D eigenvalue weighted by Gasteiger charge is 2.20. The Morgan fingerprint density at radius 2 is 1.76 bits per heavy atom. The lowest BCUT2D eigenvalue weighted by molar-refractivity contribution is -0.152. The topological polar surface area (TPSA) is 102 Å². The van der Waals surface area contributed by atoms with Crippen LogP contribution in [-0.4, -0.2) is 32.9 Å². The summed E-state index contributed by atoms with van der Waals surface area (Å²) in [7, 11) is -3.73. The summed E-state index contributed by atoms with van der Waals surface area (Å²) in [5.74, 6) is -1.30. The van der Waals surface area contributed by atoms with E-state index in [4.69, 9.17) is 27.9 Å². The Balaban J connectivity index is 1.82. The summed E-state index contributed by atoms with van der Waals surface area (Å²) in [6.45, 7) is 3.08. The van der Waals surface area contributed by atoms with Crippen molar-refractivity contribution in [2.24, 2.45) is 0 Å². The van der Waals surface area contributed by atoms with Gasteiger partial charge in [0.15, 0.2) is 6.10 Å². The number of aryl methyl sites for hydroxylation is 1. The van der Waals surface area contributed by atoms with Gasteiger partial charge in [0.1, 0.15) is 0 Å². The summed E-state index contributed by atoms with van der Waals surface area (Å²) in [5.41, 5.74) is 1.26. The van der Waals surface area contributed by atoms with Gasteiger partial charge in [-0.25, -0.2) is 13.1 Å². The summed E-state index contributed by atoms with van der Waals surface area (Å²) in [4.78, 5) is 24.1. The summed E-state index contributed by atoms with van der Waals surface area (Å²) >= 11 is 11.8. The molecule has 1 atom stereocenters. The normalized spacial score (nSPS) is 12.3. The molecule has 0 heterocycles. The molecule has 1 unspecified atom stereocenters. The van der Waals surface area contributed by atoms with Crippen molar-refractivity contribution < 1.29 is 22.7 Å². The standard InChI is InChI=1S/C19H20Cl2N2O5S/c1-12-3-6-15(7-4-12)29(26,27)22-10-9-18(24)28-13(2)19(25)23-17-8-5-14(20)11-16(17)21/h3-8,11,13,22H,9-10H2,1-2H3,(H,23,25). The summed E-state index contributed by atoms with van der Waals surface area (Å²) in [6.07, 6.45) is -1.33. The number of benzene rings is 2. The molecule has 0 bridgehead atoms. The van der Waals surface area contributed by atoms with Gasteiger partial charge < -0.3 is 10.1 Å². The van der Waals surface area contributed by atoms with E-state index in [1.54, 1.807) is 18.2 Å². The average molecular weight is 459 g/mol. The zero-order valence-corrected chi connectivity index (χ0v) is 18.1. The molecular weight excluding hydrogens is 439 g/mol. The van der Waals surface area contributed by atoms with Crippen LogP contribution in [0.1, 0.15) is 18.9 Å². The molecule has 0 saturated heterocycles. The zero-order chi connectivity index (χ0) is 21.6. The predicted octanol–water partition coefficient (Wildman–Crippen LogP) is 3.54. The Morgan fingerprint density at radius 1 is 1.10 bits per heavy atom. The molecule has 0 aliphatic carbocycles. The van der Waals surface area contributed by atoms with Crippen LogP contribution in [0.3, 0.4) is 0 Å². The molecule has 0 fully saturated rings. The van der Waals surface area contributed by atoms with Crippen LogP contribution in [0.5, 0.6) is 0 Å². The van der Waals surface area contributed by atoms with Gasteiger partial charge in [0.05, 0.1) is 22.0 Å². The second-order valence-electron chi connectivity index (χ2n) is 6.21. The van der Waals surface area contributed by atoms with Crippen LogP contribution in [0.15, 0.2) is 47.4 Å². The molecule has 0 saturated carbocycles. The lowest BCUT2D eigenvalue weighted by atomic mass is 10.2. The SMILES string of the molecule is Cc1ccc(S(=O)(=O)NCCC(=O)OC(C)C(=O)Nc2ccc(Cl)cc2Cl)cc1. The molecule has 1 amide bonds. The van der Waals surface area contributed by atoms with Gasteiger partial charge in [-0.15, -0.1) is 0 Å². The highest BCUT2D eigenvalue weighted by molar-refractivity contribution is 7.89. The van der Waals surface area contributed by atoms with E-state index in [9.17, 15) is 18.0 Å². The van der Waals surface area contributed by atoms with Gasteiger partial charge in [0.2, 0.25) is 10.0 Å². The quantitative estimate of drug-likeness (QED) is 0.588. The average Bonchev–Trinajstić information content (AvgIpc) is 2.64. The number of sulfonamides is 1. The van der Waals surface area contributed by atoms with Gasteiger partial charge in [-0.2, -0.15) is 0 Å². The maximum absolute atomic E-state index is 12.2. The molecular formula is C19H20Cl2N2O5S. The third kappa shape index (κ3) is 7.01. The first kappa shape index (κ1) is 23.2. The van der Waals surface area contributed by atoms with E-state index in [1.807, 2.05) is 6.92 Å². The Hall–Kier alpha value is -2.13. The van der Waals surface area contributed by atoms with Gasteiger partial charge in [-0.05, 0) is 44.2 Å². The van der Waals surface area contributed by atoms with E-state index in [0.717, 1.165) is 5.56 Å². The number of carbonyl (C=O) groups is 2. The molecule has 0 spiro atoms. The van der Waals surface area contributed by atoms with Gasteiger partial charge in [-0.3, -0.25) is 9.59 Å². The number of hydrogen-bond acceptors (Lipinski definition) is 5. The van der Waals surface area contributed by atoms with Crippen molar-refractivity contribution in [2.45, 2.75) is 31.3 Å². The van der Waals surface area contributed by atoms with Crippen molar-refractivity contribution in [1.29, 1.82) is 0 Å². The van der Waals surface area contributed by atoms with Gasteiger partial charge in [0, 0.05) is 11.6 Å². The van der Waals surface area contributed by atoms with Crippen molar-refractivity contribution in [3.63, 3.8) is 0 Å². The molecule has 0 aromatic heterocycles. The summed E-state index contributed by atoms with van der Waals surface area (Å²) in [6, 6.07) is 10.9. The third-order valence-electron chi connectivity index (χ3n) is 3.82. The van der Waals surface area contributed by atoms with Crippen molar-refractivity contribution in [2.75, 3.05) is 11.9 Å². The van der Waals surface area contributed by atoms with Crippen molar-refractivity contribution >= 4 is 50.8 Å². The number of esters is 1. The molecule has 0 radical (unpaired) electrons. The van der Waals surface area contributed by atoms with E-state index in [1.165, 1.54) is 31.2 Å². The number of amides is 1. The molecule has 2 aromatic rings. The number of nitrogens with one attached hydrogen (secondary N) is 2. The molecule has 29 heavy (non-hydrogen) atoms. The predicted molar refractivity (Wildman–Crippen MR) is 112 cm³/mol. The number of carbonyl (C=O) groups excluding carboxylic acids is 2. The summed E-state index contributed by atoms with van der Waals surface area (Å²) in [5, 5.41) is 3.19. The van der Waals surface area contributed by atoms with E-state index in [2.05, 4.69) is 10.0 Å². The first-order valence-corrected chi connectivity index (χ1v) is 10.8. The fourth-order valence-corrected chi connectivity index (χ4v) is 3.71. The van der Waals surface area contributed by atoms with E-state index in [0.29, 0.717) is 10.7 Å². The van der Waals surface area contributed by atoms with E-state index in [-0.39, 0.29) is 22.9 Å². The molecule has 10 heteroatoms. The zero-order valence-electron chi connectivity index (χ0n) is 15.7.